The van der Waals surface area contributed by atoms with Gasteiger partial charge in [-0.3, -0.25) is 0 Å². The zero-order valence-electron chi connectivity index (χ0n) is 12.0. The number of nitrogens with one attached hydrogen (secondary N) is 2. The highest BCUT2D eigenvalue weighted by atomic mass is 32.1. The van der Waals surface area contributed by atoms with E-state index in [-0.39, 0.29) is 18.6 Å². The number of urea groups is 1. The third-order valence-corrected chi connectivity index (χ3v) is 4.77. The first-order valence-electron chi connectivity index (χ1n) is 6.71. The molecule has 0 spiro atoms. The summed E-state index contributed by atoms with van der Waals surface area (Å²) in [5, 5.41) is 22.5. The molecule has 0 saturated heterocycles. The fourth-order valence-electron chi connectivity index (χ4n) is 1.88. The van der Waals surface area contributed by atoms with Gasteiger partial charge in [-0.15, -0.1) is 11.3 Å². The van der Waals surface area contributed by atoms with Crippen LogP contribution in [-0.2, 0) is 5.60 Å². The van der Waals surface area contributed by atoms with E-state index >= 15 is 0 Å². The van der Waals surface area contributed by atoms with Crippen LogP contribution in [0, 0.1) is 0 Å². The normalized spacial score (nSPS) is 15.2. The van der Waals surface area contributed by atoms with E-state index in [1.165, 1.54) is 22.7 Å². The second-order valence-corrected chi connectivity index (χ2v) is 6.65. The maximum Gasteiger partial charge on any atom is 0.315 e. The Balaban J connectivity index is 1.87. The van der Waals surface area contributed by atoms with Crippen molar-refractivity contribution in [2.24, 2.45) is 0 Å². The largest absolute Gasteiger partial charge is 0.384 e. The number of amides is 2. The van der Waals surface area contributed by atoms with Crippen molar-refractivity contribution < 1.29 is 9.90 Å². The molecule has 0 radical (unpaired) electrons. The maximum absolute atomic E-state index is 12.0. The van der Waals surface area contributed by atoms with Crippen LogP contribution >= 0.6 is 22.7 Å². The highest BCUT2D eigenvalue weighted by Gasteiger charge is 2.24. The lowest BCUT2D eigenvalue weighted by Gasteiger charge is -2.23. The van der Waals surface area contributed by atoms with Gasteiger partial charge in [0.2, 0.25) is 0 Å². The lowest BCUT2D eigenvalue weighted by Crippen LogP contribution is -2.44. The van der Waals surface area contributed by atoms with E-state index < -0.39 is 5.60 Å². The summed E-state index contributed by atoms with van der Waals surface area (Å²) in [6.07, 6.45) is 2.49. The molecule has 2 atom stereocenters. The van der Waals surface area contributed by atoms with Gasteiger partial charge in [-0.25, -0.2) is 9.78 Å². The first kappa shape index (κ1) is 15.9. The van der Waals surface area contributed by atoms with Crippen molar-refractivity contribution in [2.75, 3.05) is 6.54 Å². The highest BCUT2D eigenvalue weighted by molar-refractivity contribution is 7.09. The van der Waals surface area contributed by atoms with E-state index in [0.717, 1.165) is 17.0 Å². The minimum atomic E-state index is -1.07. The molecule has 0 aliphatic carbocycles. The number of thiazole rings is 1. The summed E-state index contributed by atoms with van der Waals surface area (Å²) in [6, 6.07) is 1.46. The number of hydrogen-bond acceptors (Lipinski definition) is 5. The van der Waals surface area contributed by atoms with Crippen molar-refractivity contribution >= 4 is 28.7 Å². The van der Waals surface area contributed by atoms with Crippen molar-refractivity contribution in [2.45, 2.75) is 31.9 Å². The van der Waals surface area contributed by atoms with Gasteiger partial charge >= 0.3 is 6.03 Å². The van der Waals surface area contributed by atoms with Crippen LogP contribution in [0.2, 0.25) is 0 Å². The Morgan fingerprint density at radius 1 is 1.52 bits per heavy atom. The molecule has 0 aliphatic heterocycles. The monoisotopic (exact) mass is 325 g/mol. The molecule has 2 aromatic heterocycles. The minimum Gasteiger partial charge on any atom is -0.384 e. The molecule has 2 heterocycles. The molecule has 2 aromatic rings. The third-order valence-electron chi connectivity index (χ3n) is 3.20. The Hall–Kier alpha value is -1.44. The minimum absolute atomic E-state index is 0.101. The van der Waals surface area contributed by atoms with Crippen molar-refractivity contribution in [1.29, 1.82) is 0 Å². The van der Waals surface area contributed by atoms with Gasteiger partial charge in [-0.2, -0.15) is 11.3 Å². The number of thiophene rings is 1. The molecule has 0 saturated carbocycles. The van der Waals surface area contributed by atoms with Crippen molar-refractivity contribution in [1.82, 2.24) is 15.6 Å². The molecule has 3 N–H and O–H groups in total. The Labute approximate surface area is 132 Å². The molecule has 114 valence electrons. The van der Waals surface area contributed by atoms with E-state index in [1.54, 1.807) is 13.1 Å². The van der Waals surface area contributed by atoms with Crippen LogP contribution in [0.25, 0.3) is 0 Å². The predicted molar refractivity (Wildman–Crippen MR) is 85.6 cm³/mol. The van der Waals surface area contributed by atoms with E-state index in [0.29, 0.717) is 0 Å². The zero-order valence-corrected chi connectivity index (χ0v) is 13.6. The SMILES string of the molecule is CCC(NC(=O)NCC(C)(O)c1ccsc1)c1nccs1. The molecule has 0 fully saturated rings. The summed E-state index contributed by atoms with van der Waals surface area (Å²) >= 11 is 3.04. The fraction of sp³-hybridized carbons (Fsp3) is 0.429. The molecule has 7 heteroatoms. The second-order valence-electron chi connectivity index (χ2n) is 4.94. The molecular weight excluding hydrogens is 306 g/mol. The van der Waals surface area contributed by atoms with Gasteiger partial charge in [0.15, 0.2) is 0 Å². The molecule has 2 unspecified atom stereocenters. The van der Waals surface area contributed by atoms with Gasteiger partial charge in [-0.1, -0.05) is 6.92 Å². The van der Waals surface area contributed by atoms with Crippen LogP contribution in [-0.4, -0.2) is 22.7 Å². The quantitative estimate of drug-likeness (QED) is 0.764. The zero-order chi connectivity index (χ0) is 15.3. The van der Waals surface area contributed by atoms with E-state index in [2.05, 4.69) is 15.6 Å². The number of rotatable bonds is 6. The second kappa shape index (κ2) is 7.02. The number of hydrogen-bond donors (Lipinski definition) is 3. The van der Waals surface area contributed by atoms with Crippen LogP contribution in [0.3, 0.4) is 0 Å². The van der Waals surface area contributed by atoms with Gasteiger partial charge in [0, 0.05) is 11.6 Å². The number of nitrogens with zero attached hydrogens (tertiary/aromatic N) is 1. The van der Waals surface area contributed by atoms with Crippen molar-refractivity contribution in [3.63, 3.8) is 0 Å². The van der Waals surface area contributed by atoms with Crippen molar-refractivity contribution in [3.05, 3.63) is 39.0 Å². The van der Waals surface area contributed by atoms with E-state index in [9.17, 15) is 9.90 Å². The average molecular weight is 325 g/mol. The fourth-order valence-corrected chi connectivity index (χ4v) is 3.44. The van der Waals surface area contributed by atoms with Gasteiger partial charge in [0.1, 0.15) is 10.6 Å². The number of carbonyl (C=O) groups excluding carboxylic acids is 1. The number of aliphatic hydroxyl groups is 1. The molecular formula is C14H19N3O2S2. The molecule has 0 bridgehead atoms. The molecule has 21 heavy (non-hydrogen) atoms. The summed E-state index contributed by atoms with van der Waals surface area (Å²) in [5.74, 6) is 0. The molecule has 2 rings (SSSR count). The third kappa shape index (κ3) is 4.26. The standard InChI is InChI=1S/C14H19N3O2S2/c1-3-11(12-15-5-7-21-12)17-13(18)16-9-14(2,19)10-4-6-20-8-10/h4-8,11,19H,3,9H2,1-2H3,(H2,16,17,18). The lowest BCUT2D eigenvalue weighted by molar-refractivity contribution is 0.0597. The molecule has 5 nitrogen and oxygen atoms in total. The molecule has 2 amide bonds. The Morgan fingerprint density at radius 2 is 2.33 bits per heavy atom. The number of carbonyl (C=O) groups is 1. The predicted octanol–water partition coefficient (Wildman–Crippen LogP) is 2.86. The van der Waals surface area contributed by atoms with Crippen LogP contribution in [0.1, 0.15) is 36.9 Å². The van der Waals surface area contributed by atoms with Crippen LogP contribution in [0.15, 0.2) is 28.4 Å². The summed E-state index contributed by atoms with van der Waals surface area (Å²) in [7, 11) is 0. The smallest absolute Gasteiger partial charge is 0.315 e. The Morgan fingerprint density at radius 3 is 2.90 bits per heavy atom. The highest BCUT2D eigenvalue weighted by Crippen LogP contribution is 2.22. The van der Waals surface area contributed by atoms with Crippen molar-refractivity contribution in [3.8, 4) is 0 Å². The first-order valence-corrected chi connectivity index (χ1v) is 8.54. The maximum atomic E-state index is 12.0. The average Bonchev–Trinajstić information content (AvgIpc) is 3.14. The molecule has 0 aliphatic rings. The topological polar surface area (TPSA) is 74.2 Å². The van der Waals surface area contributed by atoms with E-state index in [1.807, 2.05) is 29.1 Å². The van der Waals surface area contributed by atoms with Crippen LogP contribution in [0.4, 0.5) is 4.79 Å². The summed E-state index contributed by atoms with van der Waals surface area (Å²) in [4.78, 5) is 16.2. The first-order chi connectivity index (χ1) is 10.0. The van der Waals surface area contributed by atoms with Crippen LogP contribution < -0.4 is 10.6 Å². The van der Waals surface area contributed by atoms with Gasteiger partial charge in [-0.05, 0) is 35.7 Å². The van der Waals surface area contributed by atoms with Gasteiger partial charge in [0.05, 0.1) is 12.6 Å². The Kier molecular flexibility index (Phi) is 5.33. The van der Waals surface area contributed by atoms with Gasteiger partial charge in [0.25, 0.3) is 0 Å². The van der Waals surface area contributed by atoms with E-state index in [4.69, 9.17) is 0 Å². The van der Waals surface area contributed by atoms with Crippen LogP contribution in [0.5, 0.6) is 0 Å². The van der Waals surface area contributed by atoms with Gasteiger partial charge < -0.3 is 15.7 Å². The number of aromatic nitrogens is 1. The molecule has 0 aromatic carbocycles. The summed E-state index contributed by atoms with van der Waals surface area (Å²) in [6.45, 7) is 3.84. The lowest BCUT2D eigenvalue weighted by atomic mass is 9.99. The summed E-state index contributed by atoms with van der Waals surface area (Å²) < 4.78 is 0. The Bertz CT molecular complexity index is 553. The summed E-state index contributed by atoms with van der Waals surface area (Å²) in [5.41, 5.74) is -0.264.